The van der Waals surface area contributed by atoms with Crippen LogP contribution in [0.2, 0.25) is 0 Å². The number of sulfone groups is 1. The fourth-order valence-corrected chi connectivity index (χ4v) is 4.52. The van der Waals surface area contributed by atoms with Gasteiger partial charge in [-0.15, -0.1) is 0 Å². The molecule has 2 aromatic heterocycles. The summed E-state index contributed by atoms with van der Waals surface area (Å²) in [6.45, 7) is 3.13. The molecule has 0 aliphatic rings. The quantitative estimate of drug-likeness (QED) is 0.684. The average molecular weight is 400 g/mol. The Balaban J connectivity index is 1.94. The predicted molar refractivity (Wildman–Crippen MR) is 103 cm³/mol. The van der Waals surface area contributed by atoms with Crippen molar-refractivity contribution in [1.29, 1.82) is 0 Å². The summed E-state index contributed by atoms with van der Waals surface area (Å²) in [6.07, 6.45) is 1.50. The molecule has 28 heavy (non-hydrogen) atoms. The maximum absolute atomic E-state index is 13.0. The maximum Gasteiger partial charge on any atom is 0.270 e. The molecule has 0 spiro atoms. The third-order valence-corrected chi connectivity index (χ3v) is 6.24. The van der Waals surface area contributed by atoms with Crippen LogP contribution < -0.4 is 10.9 Å². The fourth-order valence-electron chi connectivity index (χ4n) is 2.95. The van der Waals surface area contributed by atoms with Crippen LogP contribution in [0.15, 0.2) is 73.8 Å². The van der Waals surface area contributed by atoms with Crippen LogP contribution in [0.3, 0.4) is 0 Å². The second kappa shape index (κ2) is 7.85. The van der Waals surface area contributed by atoms with Gasteiger partial charge in [0.1, 0.15) is 17.2 Å². The second-order valence-corrected chi connectivity index (χ2v) is 8.25. The summed E-state index contributed by atoms with van der Waals surface area (Å²) in [5.74, 6) is 0.155. The molecule has 7 nitrogen and oxygen atoms in total. The van der Waals surface area contributed by atoms with Crippen molar-refractivity contribution in [1.82, 2.24) is 9.88 Å². The van der Waals surface area contributed by atoms with Crippen molar-refractivity contribution in [2.45, 2.75) is 36.7 Å². The molecule has 0 unspecified atom stereocenters. The summed E-state index contributed by atoms with van der Waals surface area (Å²) < 4.78 is 32.3. The largest absolute Gasteiger partial charge is 0.467 e. The zero-order chi connectivity index (χ0) is 20.3. The minimum atomic E-state index is -4.00. The van der Waals surface area contributed by atoms with Gasteiger partial charge in [0, 0.05) is 5.69 Å². The highest BCUT2D eigenvalue weighted by atomic mass is 32.2. The Labute approximate surface area is 162 Å². The number of rotatable bonds is 6. The summed E-state index contributed by atoms with van der Waals surface area (Å²) >= 11 is 0. The first-order chi connectivity index (χ1) is 13.3. The highest BCUT2D eigenvalue weighted by molar-refractivity contribution is 7.91. The van der Waals surface area contributed by atoms with Crippen LogP contribution in [0.1, 0.15) is 17.0 Å². The van der Waals surface area contributed by atoms with E-state index >= 15 is 0 Å². The van der Waals surface area contributed by atoms with Gasteiger partial charge >= 0.3 is 0 Å². The molecule has 0 saturated carbocycles. The van der Waals surface area contributed by atoms with Gasteiger partial charge in [0.25, 0.3) is 5.56 Å². The van der Waals surface area contributed by atoms with Crippen LogP contribution in [0.4, 0.5) is 0 Å². The molecule has 2 heterocycles. The monoisotopic (exact) mass is 400 g/mol. The van der Waals surface area contributed by atoms with Crippen molar-refractivity contribution in [2.75, 3.05) is 0 Å². The van der Waals surface area contributed by atoms with Gasteiger partial charge in [-0.2, -0.15) is 0 Å². The van der Waals surface area contributed by atoms with Crippen LogP contribution in [0, 0.1) is 13.8 Å². The minimum absolute atomic E-state index is 0.0351. The lowest BCUT2D eigenvalue weighted by molar-refractivity contribution is -0.122. The lowest BCUT2D eigenvalue weighted by Gasteiger charge is -2.14. The summed E-state index contributed by atoms with van der Waals surface area (Å²) in [5, 5.41) is 2.65. The fraction of sp³-hybridized carbons (Fsp3) is 0.200. The number of furan rings is 1. The van der Waals surface area contributed by atoms with Crippen molar-refractivity contribution in [3.8, 4) is 0 Å². The number of benzene rings is 1. The van der Waals surface area contributed by atoms with Crippen LogP contribution in [-0.2, 0) is 27.7 Å². The van der Waals surface area contributed by atoms with E-state index in [4.69, 9.17) is 4.42 Å². The predicted octanol–water partition coefficient (Wildman–Crippen LogP) is 2.21. The Hall–Kier alpha value is -3.13. The number of pyridine rings is 1. The summed E-state index contributed by atoms with van der Waals surface area (Å²) in [7, 11) is -4.00. The van der Waals surface area contributed by atoms with Crippen molar-refractivity contribution in [3.63, 3.8) is 0 Å². The Morgan fingerprint density at radius 1 is 1.11 bits per heavy atom. The van der Waals surface area contributed by atoms with E-state index in [-0.39, 0.29) is 22.9 Å². The first-order valence-electron chi connectivity index (χ1n) is 8.61. The number of aromatic nitrogens is 1. The maximum atomic E-state index is 13.0. The number of aryl methyl sites for hydroxylation is 2. The van der Waals surface area contributed by atoms with Gasteiger partial charge in [-0.3, -0.25) is 9.59 Å². The van der Waals surface area contributed by atoms with E-state index in [1.165, 1.54) is 23.0 Å². The molecule has 8 heteroatoms. The third-order valence-electron chi connectivity index (χ3n) is 4.31. The van der Waals surface area contributed by atoms with Gasteiger partial charge < -0.3 is 14.3 Å². The molecule has 0 bridgehead atoms. The summed E-state index contributed by atoms with van der Waals surface area (Å²) in [6, 6.07) is 12.8. The molecule has 3 aromatic rings. The number of hydrogen-bond donors (Lipinski definition) is 1. The molecule has 1 aromatic carbocycles. The van der Waals surface area contributed by atoms with Gasteiger partial charge in [-0.05, 0) is 49.7 Å². The third kappa shape index (κ3) is 3.91. The van der Waals surface area contributed by atoms with E-state index in [9.17, 15) is 18.0 Å². The van der Waals surface area contributed by atoms with E-state index in [1.807, 2.05) is 0 Å². The summed E-state index contributed by atoms with van der Waals surface area (Å²) in [4.78, 5) is 25.0. The van der Waals surface area contributed by atoms with Crippen LogP contribution in [0.5, 0.6) is 0 Å². The molecule has 0 aliphatic heterocycles. The van der Waals surface area contributed by atoms with E-state index in [2.05, 4.69) is 5.32 Å². The molecule has 3 rings (SSSR count). The van der Waals surface area contributed by atoms with Gasteiger partial charge in [0.15, 0.2) is 0 Å². The van der Waals surface area contributed by atoms with E-state index in [1.54, 1.807) is 50.2 Å². The number of nitrogens with one attached hydrogen (secondary N) is 1. The SMILES string of the molecule is Cc1cc(C)n(CC(=O)NCc2ccco2)c(=O)c1S(=O)(=O)c1ccccc1. The number of carbonyl (C=O) groups excluding carboxylic acids is 1. The Morgan fingerprint density at radius 3 is 2.46 bits per heavy atom. The number of hydrogen-bond acceptors (Lipinski definition) is 5. The van der Waals surface area contributed by atoms with Crippen molar-refractivity contribution in [3.05, 3.63) is 82.2 Å². The molecular formula is C20H20N2O5S. The second-order valence-electron chi connectivity index (χ2n) is 6.36. The smallest absolute Gasteiger partial charge is 0.270 e. The lowest BCUT2D eigenvalue weighted by atomic mass is 10.2. The molecule has 1 N–H and O–H groups in total. The molecule has 0 radical (unpaired) electrons. The topological polar surface area (TPSA) is 98.4 Å². The Bertz CT molecular complexity index is 1150. The highest BCUT2D eigenvalue weighted by Crippen LogP contribution is 2.21. The molecule has 0 atom stereocenters. The first kappa shape index (κ1) is 19.6. The van der Waals surface area contributed by atoms with Crippen LogP contribution in [-0.4, -0.2) is 18.9 Å². The lowest BCUT2D eigenvalue weighted by Crippen LogP contribution is -2.35. The van der Waals surface area contributed by atoms with Crippen molar-refractivity contribution < 1.29 is 17.6 Å². The number of nitrogens with zero attached hydrogens (tertiary/aromatic N) is 1. The average Bonchev–Trinajstić information content (AvgIpc) is 3.17. The zero-order valence-corrected chi connectivity index (χ0v) is 16.3. The number of amides is 1. The van der Waals surface area contributed by atoms with Gasteiger partial charge in [-0.25, -0.2) is 8.42 Å². The minimum Gasteiger partial charge on any atom is -0.467 e. The highest BCUT2D eigenvalue weighted by Gasteiger charge is 2.26. The van der Waals surface area contributed by atoms with Crippen LogP contribution >= 0.6 is 0 Å². The molecule has 0 saturated heterocycles. The molecule has 146 valence electrons. The van der Waals surface area contributed by atoms with Crippen molar-refractivity contribution in [2.24, 2.45) is 0 Å². The summed E-state index contributed by atoms with van der Waals surface area (Å²) in [5.41, 5.74) is 0.135. The molecular weight excluding hydrogens is 380 g/mol. The van der Waals surface area contributed by atoms with Gasteiger partial charge in [-0.1, -0.05) is 18.2 Å². The first-order valence-corrected chi connectivity index (χ1v) is 10.1. The molecule has 0 fully saturated rings. The Morgan fingerprint density at radius 2 is 1.82 bits per heavy atom. The van der Waals surface area contributed by atoms with Crippen LogP contribution in [0.25, 0.3) is 0 Å². The van der Waals surface area contributed by atoms with Gasteiger partial charge in [0.2, 0.25) is 15.7 Å². The van der Waals surface area contributed by atoms with Gasteiger partial charge in [0.05, 0.1) is 17.7 Å². The zero-order valence-electron chi connectivity index (χ0n) is 15.5. The Kier molecular flexibility index (Phi) is 5.51. The normalized spacial score (nSPS) is 11.4. The van der Waals surface area contributed by atoms with E-state index in [0.717, 1.165) is 0 Å². The van der Waals surface area contributed by atoms with E-state index in [0.29, 0.717) is 17.0 Å². The van der Waals surface area contributed by atoms with E-state index < -0.39 is 21.3 Å². The molecule has 0 aliphatic carbocycles. The molecule has 1 amide bonds. The number of carbonyl (C=O) groups is 1. The van der Waals surface area contributed by atoms with Crippen molar-refractivity contribution >= 4 is 15.7 Å². The standard InChI is InChI=1S/C20H20N2O5S/c1-14-11-15(2)22(13-18(23)21-12-16-7-6-10-27-16)20(24)19(14)28(25,26)17-8-4-3-5-9-17/h3-11H,12-13H2,1-2H3,(H,21,23).